The van der Waals surface area contributed by atoms with Crippen molar-refractivity contribution in [1.29, 1.82) is 0 Å². The second-order valence-electron chi connectivity index (χ2n) is 5.83. The molecule has 23 heavy (non-hydrogen) atoms. The summed E-state index contributed by atoms with van der Waals surface area (Å²) in [5, 5.41) is 9.00. The van der Waals surface area contributed by atoms with Crippen LogP contribution in [0.2, 0.25) is 0 Å². The van der Waals surface area contributed by atoms with Crippen LogP contribution in [0.3, 0.4) is 0 Å². The van der Waals surface area contributed by atoms with E-state index in [0.717, 1.165) is 11.4 Å². The van der Waals surface area contributed by atoms with E-state index in [1.807, 2.05) is 26.0 Å². The Labute approximate surface area is 135 Å². The second kappa shape index (κ2) is 5.97. The van der Waals surface area contributed by atoms with E-state index in [9.17, 15) is 9.59 Å². The number of carbonyl (C=O) groups excluding carboxylic acids is 2. The number of Topliss-reactive ketones (excluding diaryl/α,β-unsaturated/α-hetero) is 2. The molecule has 0 fully saturated rings. The molecule has 0 radical (unpaired) electrons. The number of aliphatic hydroxyl groups excluding tert-OH is 1. The fourth-order valence-electron chi connectivity index (χ4n) is 3.17. The molecule has 0 unspecified atom stereocenters. The van der Waals surface area contributed by atoms with Gasteiger partial charge in [-0.05, 0) is 38.0 Å². The summed E-state index contributed by atoms with van der Waals surface area (Å²) in [6.45, 7) is 4.75. The van der Waals surface area contributed by atoms with Crippen molar-refractivity contribution in [2.45, 2.75) is 20.3 Å². The molecule has 1 aromatic carbocycles. The molecular weight excluding hydrogens is 290 g/mol. The highest BCUT2D eigenvalue weighted by Gasteiger charge is 2.35. The van der Waals surface area contributed by atoms with E-state index in [1.54, 1.807) is 24.3 Å². The average molecular weight is 309 g/mol. The first kappa shape index (κ1) is 15.4. The van der Waals surface area contributed by atoms with E-state index in [4.69, 9.17) is 5.11 Å². The second-order valence-corrected chi connectivity index (χ2v) is 5.83. The molecule has 0 atom stereocenters. The topological polar surface area (TPSA) is 57.6 Å². The summed E-state index contributed by atoms with van der Waals surface area (Å²) in [4.78, 5) is 27.3. The minimum absolute atomic E-state index is 0.136. The largest absolute Gasteiger partial charge is 0.396 e. The highest BCUT2D eigenvalue weighted by atomic mass is 16.3. The van der Waals surface area contributed by atoms with Crippen LogP contribution >= 0.6 is 0 Å². The van der Waals surface area contributed by atoms with Crippen LogP contribution in [0.1, 0.15) is 41.0 Å². The van der Waals surface area contributed by atoms with Crippen molar-refractivity contribution in [3.63, 3.8) is 0 Å². The number of carbonyl (C=O) groups is 2. The molecule has 1 aliphatic carbocycles. The van der Waals surface area contributed by atoms with Crippen molar-refractivity contribution in [3.05, 3.63) is 70.1 Å². The number of benzene rings is 1. The van der Waals surface area contributed by atoms with Gasteiger partial charge in [0.15, 0.2) is 11.6 Å². The molecule has 0 saturated carbocycles. The van der Waals surface area contributed by atoms with Gasteiger partial charge in [0.25, 0.3) is 0 Å². The molecule has 118 valence electrons. The van der Waals surface area contributed by atoms with Gasteiger partial charge in [0.1, 0.15) is 0 Å². The molecule has 3 rings (SSSR count). The maximum Gasteiger partial charge on any atom is 0.198 e. The highest BCUT2D eigenvalue weighted by Crippen LogP contribution is 2.32. The number of fused-ring (bicyclic) bond motifs is 1. The van der Waals surface area contributed by atoms with E-state index in [-0.39, 0.29) is 23.7 Å². The molecule has 0 amide bonds. The minimum Gasteiger partial charge on any atom is -0.396 e. The van der Waals surface area contributed by atoms with Crippen molar-refractivity contribution in [3.8, 4) is 0 Å². The van der Waals surface area contributed by atoms with E-state index < -0.39 is 0 Å². The van der Waals surface area contributed by atoms with Gasteiger partial charge in [-0.15, -0.1) is 0 Å². The molecule has 1 N–H and O–H groups in total. The average Bonchev–Trinajstić information content (AvgIpc) is 2.78. The van der Waals surface area contributed by atoms with Crippen LogP contribution < -0.4 is 0 Å². The Morgan fingerprint density at radius 2 is 1.48 bits per heavy atom. The van der Waals surface area contributed by atoms with E-state index in [1.165, 1.54) is 0 Å². The van der Waals surface area contributed by atoms with Crippen molar-refractivity contribution in [2.75, 3.05) is 13.2 Å². The summed E-state index contributed by atoms with van der Waals surface area (Å²) in [6.07, 6.45) is 4.42. The predicted octanol–water partition coefficient (Wildman–Crippen LogP) is 2.87. The van der Waals surface area contributed by atoms with Gasteiger partial charge in [-0.25, -0.2) is 0 Å². The van der Waals surface area contributed by atoms with Crippen LogP contribution in [-0.2, 0) is 0 Å². The molecule has 1 heterocycles. The van der Waals surface area contributed by atoms with Gasteiger partial charge in [-0.3, -0.25) is 9.59 Å². The van der Waals surface area contributed by atoms with Gasteiger partial charge in [-0.1, -0.05) is 24.3 Å². The molecule has 1 aromatic rings. The van der Waals surface area contributed by atoms with Crippen molar-refractivity contribution < 1.29 is 14.7 Å². The highest BCUT2D eigenvalue weighted by molar-refractivity contribution is 6.40. The van der Waals surface area contributed by atoms with Gasteiger partial charge in [-0.2, -0.15) is 0 Å². The standard InChI is InChI=1S/C19H19NO3/c1-12-10-14(11-13(2)20(12)8-5-9-21)17-18(22)15-6-3-4-7-16(15)19(17)23/h3-4,6-7,10-11,21H,5,8-9H2,1-2H3. The summed E-state index contributed by atoms with van der Waals surface area (Å²) in [7, 11) is 0. The van der Waals surface area contributed by atoms with Gasteiger partial charge < -0.3 is 10.0 Å². The smallest absolute Gasteiger partial charge is 0.198 e. The van der Waals surface area contributed by atoms with Crippen LogP contribution in [0.25, 0.3) is 0 Å². The number of hydrogen-bond acceptors (Lipinski definition) is 4. The van der Waals surface area contributed by atoms with Crippen molar-refractivity contribution in [2.24, 2.45) is 0 Å². The number of nitrogens with zero attached hydrogens (tertiary/aromatic N) is 1. The molecule has 1 aliphatic heterocycles. The minimum atomic E-state index is -0.197. The predicted molar refractivity (Wildman–Crippen MR) is 88.1 cm³/mol. The van der Waals surface area contributed by atoms with E-state index in [2.05, 4.69) is 4.90 Å². The monoisotopic (exact) mass is 309 g/mol. The molecule has 4 heteroatoms. The molecule has 0 aromatic heterocycles. The Bertz CT molecular complexity index is 725. The van der Waals surface area contributed by atoms with Gasteiger partial charge >= 0.3 is 0 Å². The van der Waals surface area contributed by atoms with Crippen LogP contribution in [0.5, 0.6) is 0 Å². The Morgan fingerprint density at radius 3 is 1.96 bits per heavy atom. The van der Waals surface area contributed by atoms with Crippen LogP contribution in [0.4, 0.5) is 0 Å². The third-order valence-corrected chi connectivity index (χ3v) is 4.28. The molecule has 0 spiro atoms. The normalized spacial score (nSPS) is 17.4. The van der Waals surface area contributed by atoms with Crippen LogP contribution in [-0.4, -0.2) is 34.7 Å². The lowest BCUT2D eigenvalue weighted by atomic mass is 9.98. The van der Waals surface area contributed by atoms with Gasteiger partial charge in [0.2, 0.25) is 0 Å². The van der Waals surface area contributed by atoms with E-state index in [0.29, 0.717) is 29.7 Å². The Balaban J connectivity index is 2.03. The quantitative estimate of drug-likeness (QED) is 0.689. The van der Waals surface area contributed by atoms with Crippen molar-refractivity contribution in [1.82, 2.24) is 4.90 Å². The van der Waals surface area contributed by atoms with Gasteiger partial charge in [0.05, 0.1) is 5.57 Å². The molecule has 0 saturated heterocycles. The summed E-state index contributed by atoms with van der Waals surface area (Å²) < 4.78 is 0. The van der Waals surface area contributed by atoms with Gasteiger partial charge in [0, 0.05) is 35.7 Å². The molecule has 4 nitrogen and oxygen atoms in total. The lowest BCUT2D eigenvalue weighted by molar-refractivity contribution is 0.0988. The molecule has 0 bridgehead atoms. The molecular formula is C19H19NO3. The Kier molecular flexibility index (Phi) is 4.01. The number of ketones is 2. The fraction of sp³-hybridized carbons (Fsp3) is 0.263. The first-order chi connectivity index (χ1) is 11.0. The van der Waals surface area contributed by atoms with Crippen LogP contribution in [0, 0.1) is 0 Å². The lowest BCUT2D eigenvalue weighted by Crippen LogP contribution is -2.24. The number of hydrogen-bond donors (Lipinski definition) is 1. The van der Waals surface area contributed by atoms with Crippen LogP contribution in [0.15, 0.2) is 59.0 Å². The number of rotatable bonds is 3. The van der Waals surface area contributed by atoms with E-state index >= 15 is 0 Å². The summed E-state index contributed by atoms with van der Waals surface area (Å²) >= 11 is 0. The summed E-state index contributed by atoms with van der Waals surface area (Å²) in [5.41, 5.74) is 3.84. The zero-order valence-electron chi connectivity index (χ0n) is 13.3. The third-order valence-electron chi connectivity index (χ3n) is 4.28. The lowest BCUT2D eigenvalue weighted by Gasteiger charge is -2.29. The number of allylic oxidation sites excluding steroid dienone is 6. The molecule has 2 aliphatic rings. The van der Waals surface area contributed by atoms with Crippen molar-refractivity contribution >= 4 is 11.6 Å². The fourth-order valence-corrected chi connectivity index (χ4v) is 3.17. The summed E-state index contributed by atoms with van der Waals surface area (Å²) in [6, 6.07) is 6.95. The Hall–Kier alpha value is -2.46. The SMILES string of the molecule is CC1=CC(=C2C(=O)c3ccccc3C2=O)C=C(C)N1CCCO. The zero-order valence-corrected chi connectivity index (χ0v) is 13.3. The first-order valence-corrected chi connectivity index (χ1v) is 7.72. The zero-order chi connectivity index (χ0) is 16.6. The number of aliphatic hydroxyl groups is 1. The third kappa shape index (κ3) is 2.55. The maximum absolute atomic E-state index is 12.6. The first-order valence-electron chi connectivity index (χ1n) is 7.72. The summed E-state index contributed by atoms with van der Waals surface area (Å²) in [5.74, 6) is -0.394. The maximum atomic E-state index is 12.6. The Morgan fingerprint density at radius 1 is 0.957 bits per heavy atom.